The number of rotatable bonds is 2. The maximum atomic E-state index is 13.9. The van der Waals surface area contributed by atoms with Crippen LogP contribution in [0.4, 0.5) is 8.78 Å². The van der Waals surface area contributed by atoms with Gasteiger partial charge in [0.05, 0.1) is 0 Å². The standard InChI is InChI=1S/C20H21F2N.ClH/c21-17-7-1-5-15(10-17)20(16-6-2-8-18(22)11-16)9-3-4-14-12-23-13-19(14)20;/h1-2,5-8,10-11,14,19,23H,3-4,9,12-13H2;1H. The van der Waals surface area contributed by atoms with Crippen molar-refractivity contribution in [2.75, 3.05) is 13.1 Å². The summed E-state index contributed by atoms with van der Waals surface area (Å²) in [5, 5.41) is 3.50. The van der Waals surface area contributed by atoms with Crippen LogP contribution in [-0.2, 0) is 5.41 Å². The Morgan fingerprint density at radius 2 is 1.54 bits per heavy atom. The molecule has 1 aliphatic heterocycles. The zero-order valence-corrected chi connectivity index (χ0v) is 14.3. The van der Waals surface area contributed by atoms with Crippen molar-refractivity contribution in [3.63, 3.8) is 0 Å². The number of hydrogen-bond acceptors (Lipinski definition) is 1. The van der Waals surface area contributed by atoms with Crippen LogP contribution in [0, 0.1) is 23.5 Å². The fourth-order valence-electron chi connectivity index (χ4n) is 4.86. The lowest BCUT2D eigenvalue weighted by Crippen LogP contribution is -2.43. The molecule has 1 saturated heterocycles. The van der Waals surface area contributed by atoms with E-state index in [4.69, 9.17) is 0 Å². The Morgan fingerprint density at radius 1 is 0.917 bits per heavy atom. The first kappa shape index (κ1) is 17.4. The van der Waals surface area contributed by atoms with E-state index in [1.807, 2.05) is 12.1 Å². The molecule has 4 heteroatoms. The molecule has 24 heavy (non-hydrogen) atoms. The highest BCUT2D eigenvalue weighted by atomic mass is 35.5. The smallest absolute Gasteiger partial charge is 0.123 e. The van der Waals surface area contributed by atoms with Gasteiger partial charge in [0.1, 0.15) is 11.6 Å². The number of hydrogen-bond donors (Lipinski definition) is 1. The predicted octanol–water partition coefficient (Wildman–Crippen LogP) is 4.69. The van der Waals surface area contributed by atoms with Gasteiger partial charge in [-0.2, -0.15) is 0 Å². The van der Waals surface area contributed by atoms with Crippen molar-refractivity contribution in [1.29, 1.82) is 0 Å². The lowest BCUT2D eigenvalue weighted by atomic mass is 9.56. The van der Waals surface area contributed by atoms with E-state index < -0.39 is 0 Å². The minimum absolute atomic E-state index is 0. The van der Waals surface area contributed by atoms with Gasteiger partial charge in [0.25, 0.3) is 0 Å². The third-order valence-electron chi connectivity index (χ3n) is 5.80. The van der Waals surface area contributed by atoms with Gasteiger partial charge in [-0.05, 0) is 73.2 Å². The molecular weight excluding hydrogens is 328 g/mol. The van der Waals surface area contributed by atoms with Gasteiger partial charge in [0, 0.05) is 5.41 Å². The van der Waals surface area contributed by atoms with E-state index in [1.54, 1.807) is 24.3 Å². The number of nitrogens with one attached hydrogen (secondary N) is 1. The van der Waals surface area contributed by atoms with Gasteiger partial charge in [-0.1, -0.05) is 30.7 Å². The summed E-state index contributed by atoms with van der Waals surface area (Å²) in [6.07, 6.45) is 3.24. The number of halogens is 3. The van der Waals surface area contributed by atoms with E-state index in [-0.39, 0.29) is 29.5 Å². The van der Waals surface area contributed by atoms with Gasteiger partial charge in [0.2, 0.25) is 0 Å². The summed E-state index contributed by atoms with van der Waals surface area (Å²) < 4.78 is 27.9. The van der Waals surface area contributed by atoms with E-state index in [9.17, 15) is 8.78 Å². The van der Waals surface area contributed by atoms with E-state index in [2.05, 4.69) is 5.32 Å². The van der Waals surface area contributed by atoms with E-state index in [0.29, 0.717) is 11.8 Å². The molecule has 0 bridgehead atoms. The molecule has 2 fully saturated rings. The van der Waals surface area contributed by atoms with Crippen LogP contribution in [0.1, 0.15) is 30.4 Å². The molecule has 2 atom stereocenters. The minimum Gasteiger partial charge on any atom is -0.316 e. The highest BCUT2D eigenvalue weighted by Gasteiger charge is 2.49. The van der Waals surface area contributed by atoms with Crippen LogP contribution in [0.25, 0.3) is 0 Å². The van der Waals surface area contributed by atoms with Crippen molar-refractivity contribution in [2.24, 2.45) is 11.8 Å². The summed E-state index contributed by atoms with van der Waals surface area (Å²) in [4.78, 5) is 0. The molecule has 0 radical (unpaired) electrons. The maximum Gasteiger partial charge on any atom is 0.123 e. The van der Waals surface area contributed by atoms with Crippen LogP contribution in [0.2, 0.25) is 0 Å². The second-order valence-corrected chi connectivity index (χ2v) is 6.91. The fraction of sp³-hybridized carbons (Fsp3) is 0.400. The van der Waals surface area contributed by atoms with Crippen molar-refractivity contribution >= 4 is 12.4 Å². The van der Waals surface area contributed by atoms with Gasteiger partial charge in [0.15, 0.2) is 0 Å². The van der Waals surface area contributed by atoms with Gasteiger partial charge in [-0.15, -0.1) is 12.4 Å². The van der Waals surface area contributed by atoms with Gasteiger partial charge >= 0.3 is 0 Å². The Morgan fingerprint density at radius 3 is 2.12 bits per heavy atom. The Labute approximate surface area is 147 Å². The third kappa shape index (κ3) is 2.74. The van der Waals surface area contributed by atoms with Crippen LogP contribution >= 0.6 is 12.4 Å². The first-order valence-corrected chi connectivity index (χ1v) is 8.43. The molecule has 1 nitrogen and oxygen atoms in total. The largest absolute Gasteiger partial charge is 0.316 e. The first-order chi connectivity index (χ1) is 11.2. The maximum absolute atomic E-state index is 13.9. The summed E-state index contributed by atoms with van der Waals surface area (Å²) in [5.74, 6) is 0.535. The summed E-state index contributed by atoms with van der Waals surface area (Å²) in [5.41, 5.74) is 1.68. The average Bonchev–Trinajstić information content (AvgIpc) is 3.03. The van der Waals surface area contributed by atoms with Crippen molar-refractivity contribution < 1.29 is 8.78 Å². The zero-order valence-electron chi connectivity index (χ0n) is 13.5. The molecule has 128 valence electrons. The molecule has 2 aromatic rings. The van der Waals surface area contributed by atoms with Crippen LogP contribution in [0.5, 0.6) is 0 Å². The molecule has 2 unspecified atom stereocenters. The van der Waals surface area contributed by atoms with Crippen molar-refractivity contribution in [2.45, 2.75) is 24.7 Å². The van der Waals surface area contributed by atoms with Crippen molar-refractivity contribution in [3.05, 3.63) is 71.3 Å². The normalized spacial score (nSPS) is 24.9. The number of benzene rings is 2. The lowest BCUT2D eigenvalue weighted by Gasteiger charge is -2.46. The number of fused-ring (bicyclic) bond motifs is 1. The molecule has 0 spiro atoms. The van der Waals surface area contributed by atoms with Crippen molar-refractivity contribution in [1.82, 2.24) is 5.32 Å². The van der Waals surface area contributed by atoms with Crippen LogP contribution < -0.4 is 5.32 Å². The van der Waals surface area contributed by atoms with E-state index in [1.165, 1.54) is 18.6 Å². The average molecular weight is 350 g/mol. The molecule has 1 N–H and O–H groups in total. The molecule has 1 aliphatic carbocycles. The predicted molar refractivity (Wildman–Crippen MR) is 94.5 cm³/mol. The Hall–Kier alpha value is -1.45. The van der Waals surface area contributed by atoms with E-state index in [0.717, 1.165) is 37.1 Å². The molecule has 0 aromatic heterocycles. The SMILES string of the molecule is Cl.Fc1cccc(C2(c3cccc(F)c3)CCCC3CNCC32)c1. The van der Waals surface area contributed by atoms with Gasteiger partial charge < -0.3 is 5.32 Å². The van der Waals surface area contributed by atoms with Crippen LogP contribution in [-0.4, -0.2) is 13.1 Å². The second-order valence-electron chi connectivity index (χ2n) is 6.91. The van der Waals surface area contributed by atoms with Crippen LogP contribution in [0.15, 0.2) is 48.5 Å². The molecule has 4 rings (SSSR count). The van der Waals surface area contributed by atoms with Gasteiger partial charge in [-0.3, -0.25) is 0 Å². The molecule has 1 saturated carbocycles. The highest BCUT2D eigenvalue weighted by molar-refractivity contribution is 5.85. The first-order valence-electron chi connectivity index (χ1n) is 8.43. The Bertz CT molecular complexity index is 673. The quantitative estimate of drug-likeness (QED) is 0.829. The molecule has 2 aliphatic rings. The lowest BCUT2D eigenvalue weighted by molar-refractivity contribution is 0.188. The highest BCUT2D eigenvalue weighted by Crippen LogP contribution is 2.52. The van der Waals surface area contributed by atoms with Crippen molar-refractivity contribution in [3.8, 4) is 0 Å². The zero-order chi connectivity index (χ0) is 15.9. The van der Waals surface area contributed by atoms with Crippen LogP contribution in [0.3, 0.4) is 0 Å². The summed E-state index contributed by atoms with van der Waals surface area (Å²) >= 11 is 0. The molecule has 2 aromatic carbocycles. The monoisotopic (exact) mass is 349 g/mol. The topological polar surface area (TPSA) is 12.0 Å². The minimum atomic E-state index is -0.295. The summed E-state index contributed by atoms with van der Waals surface area (Å²) in [6, 6.07) is 13.8. The van der Waals surface area contributed by atoms with Gasteiger partial charge in [-0.25, -0.2) is 8.78 Å². The third-order valence-corrected chi connectivity index (χ3v) is 5.80. The Kier molecular flexibility index (Phi) is 4.93. The summed E-state index contributed by atoms with van der Waals surface area (Å²) in [7, 11) is 0. The van der Waals surface area contributed by atoms with E-state index >= 15 is 0 Å². The summed E-state index contributed by atoms with van der Waals surface area (Å²) in [6.45, 7) is 1.93. The molecule has 1 heterocycles. The fourth-order valence-corrected chi connectivity index (χ4v) is 4.86. The Balaban J connectivity index is 0.00000169. The second kappa shape index (κ2) is 6.81. The molecular formula is C20H22ClF2N. The molecule has 0 amide bonds.